The van der Waals surface area contributed by atoms with Crippen LogP contribution >= 0.6 is 0 Å². The van der Waals surface area contributed by atoms with Gasteiger partial charge in [-0.15, -0.1) is 0 Å². The number of hydrazone groups is 1. The largest absolute Gasteiger partial charge is 0.326 e. The van der Waals surface area contributed by atoms with Crippen LogP contribution in [0.2, 0.25) is 0 Å². The average molecular weight is 334 g/mol. The van der Waals surface area contributed by atoms with Gasteiger partial charge in [0.1, 0.15) is 0 Å². The maximum Gasteiger partial charge on any atom is 0.271 e. The molecule has 0 aliphatic heterocycles. The fraction of sp³-hybridized carbons (Fsp3) is 0.158. The molecule has 0 saturated heterocycles. The Morgan fingerprint density at radius 1 is 1.12 bits per heavy atom. The van der Waals surface area contributed by atoms with Crippen molar-refractivity contribution in [1.82, 2.24) is 5.43 Å². The predicted octanol–water partition coefficient (Wildman–Crippen LogP) is 3.06. The molecule has 2 amide bonds. The molecule has 0 atom stereocenters. The van der Waals surface area contributed by atoms with E-state index in [4.69, 9.17) is 5.26 Å². The third kappa shape index (κ3) is 5.59. The average Bonchev–Trinajstić information content (AvgIpc) is 2.63. The van der Waals surface area contributed by atoms with Crippen LogP contribution in [-0.4, -0.2) is 18.0 Å². The van der Waals surface area contributed by atoms with E-state index in [1.165, 1.54) is 6.21 Å². The topological polar surface area (TPSA) is 94.3 Å². The molecule has 2 rings (SSSR count). The van der Waals surface area contributed by atoms with Gasteiger partial charge >= 0.3 is 0 Å². The van der Waals surface area contributed by atoms with Crippen molar-refractivity contribution < 1.29 is 9.59 Å². The molecule has 6 nitrogen and oxygen atoms in total. The number of carbonyl (C=O) groups is 2. The van der Waals surface area contributed by atoms with Crippen LogP contribution in [0, 0.1) is 11.3 Å². The maximum absolute atomic E-state index is 12.0. The Balaban J connectivity index is 1.90. The van der Waals surface area contributed by atoms with Crippen LogP contribution in [0.4, 0.5) is 5.69 Å². The maximum atomic E-state index is 12.0. The molecular formula is C19H18N4O2. The van der Waals surface area contributed by atoms with Crippen molar-refractivity contribution in [2.75, 3.05) is 5.32 Å². The summed E-state index contributed by atoms with van der Waals surface area (Å²) in [5.74, 6) is -0.400. The molecule has 0 heterocycles. The second kappa shape index (κ2) is 8.99. The van der Waals surface area contributed by atoms with Crippen molar-refractivity contribution >= 4 is 23.7 Å². The quantitative estimate of drug-likeness (QED) is 0.628. The monoisotopic (exact) mass is 334 g/mol. The number of anilines is 1. The normalized spacial score (nSPS) is 10.2. The highest BCUT2D eigenvalue weighted by atomic mass is 16.2. The first-order valence-corrected chi connectivity index (χ1v) is 7.86. The molecule has 0 fully saturated rings. The number of hydrogen-bond acceptors (Lipinski definition) is 4. The van der Waals surface area contributed by atoms with Crippen LogP contribution in [0.25, 0.3) is 0 Å². The highest BCUT2D eigenvalue weighted by molar-refractivity contribution is 5.96. The minimum atomic E-state index is -0.351. The van der Waals surface area contributed by atoms with E-state index < -0.39 is 0 Å². The summed E-state index contributed by atoms with van der Waals surface area (Å²) in [6.07, 6.45) is 2.74. The molecule has 0 aliphatic rings. The molecule has 0 radical (unpaired) electrons. The summed E-state index contributed by atoms with van der Waals surface area (Å²) in [6, 6.07) is 15.4. The molecule has 0 spiro atoms. The van der Waals surface area contributed by atoms with Crippen molar-refractivity contribution in [3.63, 3.8) is 0 Å². The third-order valence-electron chi connectivity index (χ3n) is 3.33. The molecule has 6 heteroatoms. The van der Waals surface area contributed by atoms with Crippen molar-refractivity contribution in [2.45, 2.75) is 19.8 Å². The van der Waals surface area contributed by atoms with Gasteiger partial charge in [0, 0.05) is 17.7 Å². The van der Waals surface area contributed by atoms with Crippen molar-refractivity contribution in [3.8, 4) is 6.07 Å². The Bertz CT molecular complexity index is 803. The number of nitrogens with one attached hydrogen (secondary N) is 2. The van der Waals surface area contributed by atoms with Crippen LogP contribution in [0.1, 0.15) is 41.3 Å². The van der Waals surface area contributed by atoms with Crippen LogP contribution < -0.4 is 10.7 Å². The van der Waals surface area contributed by atoms with Gasteiger partial charge in [0.15, 0.2) is 0 Å². The molecule has 0 aromatic heterocycles. The number of carbonyl (C=O) groups excluding carboxylic acids is 2. The Morgan fingerprint density at radius 2 is 1.80 bits per heavy atom. The van der Waals surface area contributed by atoms with Crippen molar-refractivity contribution in [2.24, 2.45) is 5.10 Å². The number of rotatable bonds is 6. The highest BCUT2D eigenvalue weighted by Gasteiger charge is 2.05. The van der Waals surface area contributed by atoms with Gasteiger partial charge in [-0.1, -0.05) is 19.1 Å². The molecule has 25 heavy (non-hydrogen) atoms. The Hall–Kier alpha value is -3.46. The fourth-order valence-electron chi connectivity index (χ4n) is 2.03. The van der Waals surface area contributed by atoms with E-state index in [1.54, 1.807) is 48.5 Å². The number of nitrogens with zero attached hydrogens (tertiary/aromatic N) is 2. The van der Waals surface area contributed by atoms with Crippen molar-refractivity contribution in [1.29, 1.82) is 5.26 Å². The molecular weight excluding hydrogens is 316 g/mol. The summed E-state index contributed by atoms with van der Waals surface area (Å²) in [5, 5.41) is 15.4. The lowest BCUT2D eigenvalue weighted by atomic mass is 10.2. The molecule has 0 unspecified atom stereocenters. The molecule has 2 aromatic carbocycles. The zero-order chi connectivity index (χ0) is 18.1. The molecule has 0 aliphatic carbocycles. The Labute approximate surface area is 146 Å². The zero-order valence-electron chi connectivity index (χ0n) is 13.8. The van der Waals surface area contributed by atoms with Gasteiger partial charge in [-0.25, -0.2) is 5.43 Å². The van der Waals surface area contributed by atoms with Gasteiger partial charge in [0.2, 0.25) is 5.91 Å². The molecule has 2 N–H and O–H groups in total. The van der Waals surface area contributed by atoms with Gasteiger partial charge in [0.05, 0.1) is 17.8 Å². The number of benzene rings is 2. The van der Waals surface area contributed by atoms with Gasteiger partial charge in [-0.3, -0.25) is 9.59 Å². The van der Waals surface area contributed by atoms with E-state index in [-0.39, 0.29) is 11.8 Å². The smallest absolute Gasteiger partial charge is 0.271 e. The Morgan fingerprint density at radius 3 is 2.40 bits per heavy atom. The number of nitriles is 1. The van der Waals surface area contributed by atoms with E-state index in [1.807, 2.05) is 13.0 Å². The zero-order valence-corrected chi connectivity index (χ0v) is 13.8. The molecule has 0 bridgehead atoms. The summed E-state index contributed by atoms with van der Waals surface area (Å²) in [7, 11) is 0. The lowest BCUT2D eigenvalue weighted by Crippen LogP contribution is -2.17. The van der Waals surface area contributed by atoms with E-state index >= 15 is 0 Å². The summed E-state index contributed by atoms with van der Waals surface area (Å²) in [6.45, 7) is 1.94. The minimum Gasteiger partial charge on any atom is -0.326 e. The second-order valence-corrected chi connectivity index (χ2v) is 5.31. The first kappa shape index (κ1) is 17.9. The summed E-state index contributed by atoms with van der Waals surface area (Å²) in [5.41, 5.74) is 4.85. The first-order valence-electron chi connectivity index (χ1n) is 7.86. The van der Waals surface area contributed by atoms with Gasteiger partial charge in [-0.2, -0.15) is 10.4 Å². The lowest BCUT2D eigenvalue weighted by molar-refractivity contribution is -0.116. The fourth-order valence-corrected chi connectivity index (χ4v) is 2.03. The minimum absolute atomic E-state index is 0.0493. The number of hydrogen-bond donors (Lipinski definition) is 2. The van der Waals surface area contributed by atoms with Crippen molar-refractivity contribution in [3.05, 3.63) is 65.2 Å². The second-order valence-electron chi connectivity index (χ2n) is 5.31. The van der Waals surface area contributed by atoms with E-state index in [0.717, 1.165) is 12.0 Å². The van der Waals surface area contributed by atoms with E-state index in [0.29, 0.717) is 23.2 Å². The van der Waals surface area contributed by atoms with Crippen LogP contribution in [0.3, 0.4) is 0 Å². The summed E-state index contributed by atoms with van der Waals surface area (Å²) in [4.78, 5) is 23.5. The molecule has 0 saturated carbocycles. The van der Waals surface area contributed by atoms with Crippen LogP contribution in [-0.2, 0) is 4.79 Å². The molecule has 2 aromatic rings. The number of amides is 2. The van der Waals surface area contributed by atoms with Gasteiger partial charge in [0.25, 0.3) is 5.91 Å². The van der Waals surface area contributed by atoms with Crippen LogP contribution in [0.5, 0.6) is 0 Å². The third-order valence-corrected chi connectivity index (χ3v) is 3.33. The predicted molar refractivity (Wildman–Crippen MR) is 96.2 cm³/mol. The standard InChI is InChI=1S/C19H18N4O2/c1-2-3-18(24)22-17-10-8-16(9-11-17)19(25)23-21-13-15-6-4-14(12-20)5-7-15/h4-11,13H,2-3H2,1H3,(H,22,24)(H,23,25)/b21-13-. The first-order chi connectivity index (χ1) is 12.1. The lowest BCUT2D eigenvalue weighted by Gasteiger charge is -2.05. The van der Waals surface area contributed by atoms with Gasteiger partial charge in [-0.05, 0) is 48.4 Å². The highest BCUT2D eigenvalue weighted by Crippen LogP contribution is 2.10. The molecule has 126 valence electrons. The van der Waals surface area contributed by atoms with E-state index in [9.17, 15) is 9.59 Å². The van der Waals surface area contributed by atoms with Gasteiger partial charge < -0.3 is 5.32 Å². The summed E-state index contributed by atoms with van der Waals surface area (Å²) < 4.78 is 0. The van der Waals surface area contributed by atoms with E-state index in [2.05, 4.69) is 15.8 Å². The van der Waals surface area contributed by atoms with Crippen LogP contribution in [0.15, 0.2) is 53.6 Å². The Kier molecular flexibility index (Phi) is 6.43. The SMILES string of the molecule is CCCC(=O)Nc1ccc(C(=O)N/N=C\c2ccc(C#N)cc2)cc1. The summed E-state index contributed by atoms with van der Waals surface area (Å²) >= 11 is 0.